The second-order valence-electron chi connectivity index (χ2n) is 3.23. The number of ether oxygens (including phenoxy) is 1. The molecular weight excluding hydrogens is 230 g/mol. The Kier molecular flexibility index (Phi) is 4.96. The van der Waals surface area contributed by atoms with E-state index in [1.165, 1.54) is 6.20 Å². The van der Waals surface area contributed by atoms with Gasteiger partial charge in [0.2, 0.25) is 0 Å². The molecule has 0 amide bonds. The summed E-state index contributed by atoms with van der Waals surface area (Å²) in [6.45, 7) is 2.04. The van der Waals surface area contributed by atoms with E-state index in [0.717, 1.165) is 0 Å². The SMILES string of the molecule is CCOC(=O)c1cccc(NC=C(C#N)C#N)c1. The lowest BCUT2D eigenvalue weighted by atomic mass is 10.2. The van der Waals surface area contributed by atoms with Crippen LogP contribution in [0.4, 0.5) is 5.69 Å². The zero-order valence-electron chi connectivity index (χ0n) is 9.80. The molecule has 0 aliphatic carbocycles. The maximum absolute atomic E-state index is 11.5. The number of nitriles is 2. The highest BCUT2D eigenvalue weighted by Gasteiger charge is 2.06. The Labute approximate surface area is 105 Å². The molecule has 0 aromatic heterocycles. The van der Waals surface area contributed by atoms with E-state index in [-0.39, 0.29) is 5.57 Å². The van der Waals surface area contributed by atoms with Gasteiger partial charge in [-0.2, -0.15) is 10.5 Å². The molecule has 0 fully saturated rings. The van der Waals surface area contributed by atoms with E-state index in [0.29, 0.717) is 17.9 Å². The fourth-order valence-corrected chi connectivity index (χ4v) is 1.20. The van der Waals surface area contributed by atoms with Gasteiger partial charge in [0.05, 0.1) is 12.2 Å². The first-order valence-corrected chi connectivity index (χ1v) is 5.25. The molecule has 0 heterocycles. The highest BCUT2D eigenvalue weighted by atomic mass is 16.5. The maximum Gasteiger partial charge on any atom is 0.338 e. The van der Waals surface area contributed by atoms with Crippen molar-refractivity contribution in [2.24, 2.45) is 0 Å². The molecule has 0 saturated heterocycles. The van der Waals surface area contributed by atoms with Crippen LogP contribution in [0.25, 0.3) is 0 Å². The monoisotopic (exact) mass is 241 g/mol. The number of rotatable bonds is 4. The van der Waals surface area contributed by atoms with Crippen LogP contribution in [-0.4, -0.2) is 12.6 Å². The van der Waals surface area contributed by atoms with Gasteiger partial charge in [0.25, 0.3) is 0 Å². The zero-order chi connectivity index (χ0) is 13.4. The third-order valence-electron chi connectivity index (χ3n) is 2.00. The zero-order valence-corrected chi connectivity index (χ0v) is 9.80. The van der Waals surface area contributed by atoms with Crippen LogP contribution in [0.1, 0.15) is 17.3 Å². The summed E-state index contributed by atoms with van der Waals surface area (Å²) in [5, 5.41) is 19.9. The van der Waals surface area contributed by atoms with Crippen LogP contribution in [-0.2, 0) is 4.74 Å². The highest BCUT2D eigenvalue weighted by molar-refractivity contribution is 5.90. The summed E-state index contributed by atoms with van der Waals surface area (Å²) in [5.74, 6) is -0.411. The fraction of sp³-hybridized carbons (Fsp3) is 0.154. The quantitative estimate of drug-likeness (QED) is 0.645. The number of nitrogens with zero attached hydrogens (tertiary/aromatic N) is 2. The van der Waals surface area contributed by atoms with Crippen LogP contribution >= 0.6 is 0 Å². The molecule has 1 rings (SSSR count). The summed E-state index contributed by atoms with van der Waals surface area (Å²) in [7, 11) is 0. The smallest absolute Gasteiger partial charge is 0.338 e. The minimum Gasteiger partial charge on any atom is -0.462 e. The van der Waals surface area contributed by atoms with Gasteiger partial charge in [-0.05, 0) is 25.1 Å². The normalized spacial score (nSPS) is 8.61. The fourth-order valence-electron chi connectivity index (χ4n) is 1.20. The summed E-state index contributed by atoms with van der Waals surface area (Å²) < 4.78 is 4.86. The minimum absolute atomic E-state index is 0.0449. The average Bonchev–Trinajstić information content (AvgIpc) is 2.40. The Balaban J connectivity index is 2.84. The van der Waals surface area contributed by atoms with Gasteiger partial charge in [0.15, 0.2) is 0 Å². The number of nitrogens with one attached hydrogen (secondary N) is 1. The highest BCUT2D eigenvalue weighted by Crippen LogP contribution is 2.12. The van der Waals surface area contributed by atoms with Gasteiger partial charge in [0, 0.05) is 11.9 Å². The number of allylic oxidation sites excluding steroid dienone is 1. The van der Waals surface area contributed by atoms with E-state index in [1.54, 1.807) is 43.3 Å². The largest absolute Gasteiger partial charge is 0.462 e. The summed E-state index contributed by atoms with van der Waals surface area (Å²) in [5.41, 5.74) is 0.964. The molecule has 1 aromatic rings. The molecule has 1 aromatic carbocycles. The number of anilines is 1. The molecule has 0 bridgehead atoms. The molecule has 0 spiro atoms. The number of hydrogen-bond acceptors (Lipinski definition) is 5. The number of hydrogen-bond donors (Lipinski definition) is 1. The van der Waals surface area contributed by atoms with Gasteiger partial charge in [-0.15, -0.1) is 0 Å². The van der Waals surface area contributed by atoms with E-state index in [4.69, 9.17) is 15.3 Å². The first-order chi connectivity index (χ1) is 8.71. The molecular formula is C13H11N3O2. The number of benzene rings is 1. The number of carbonyl (C=O) groups is 1. The summed E-state index contributed by atoms with van der Waals surface area (Å²) >= 11 is 0. The Morgan fingerprint density at radius 1 is 1.44 bits per heavy atom. The van der Waals surface area contributed by atoms with E-state index in [2.05, 4.69) is 5.32 Å². The van der Waals surface area contributed by atoms with Crippen LogP contribution < -0.4 is 5.32 Å². The average molecular weight is 241 g/mol. The third-order valence-corrected chi connectivity index (χ3v) is 2.00. The molecule has 0 saturated carbocycles. The minimum atomic E-state index is -0.411. The second kappa shape index (κ2) is 6.72. The number of carbonyl (C=O) groups excluding carboxylic acids is 1. The van der Waals surface area contributed by atoms with E-state index >= 15 is 0 Å². The summed E-state index contributed by atoms with van der Waals surface area (Å²) in [4.78, 5) is 11.5. The molecule has 0 aliphatic rings. The predicted molar refractivity (Wildman–Crippen MR) is 65.3 cm³/mol. The van der Waals surface area contributed by atoms with Crippen LogP contribution in [0.15, 0.2) is 36.0 Å². The van der Waals surface area contributed by atoms with Crippen molar-refractivity contribution in [2.45, 2.75) is 6.92 Å². The Morgan fingerprint density at radius 3 is 2.78 bits per heavy atom. The van der Waals surface area contributed by atoms with Gasteiger partial charge in [0.1, 0.15) is 17.7 Å². The van der Waals surface area contributed by atoms with Crippen molar-refractivity contribution in [1.82, 2.24) is 0 Å². The second-order valence-corrected chi connectivity index (χ2v) is 3.23. The Morgan fingerprint density at radius 2 is 2.17 bits per heavy atom. The number of esters is 1. The Bertz CT molecular complexity index is 534. The van der Waals surface area contributed by atoms with Crippen LogP contribution in [0.5, 0.6) is 0 Å². The van der Waals surface area contributed by atoms with Crippen molar-refractivity contribution in [1.29, 1.82) is 10.5 Å². The summed E-state index contributed by atoms with van der Waals surface area (Å²) in [6, 6.07) is 10.1. The van der Waals surface area contributed by atoms with Crippen molar-refractivity contribution >= 4 is 11.7 Å². The lowest BCUT2D eigenvalue weighted by Crippen LogP contribution is -2.04. The van der Waals surface area contributed by atoms with Crippen LogP contribution in [0.2, 0.25) is 0 Å². The molecule has 5 nitrogen and oxygen atoms in total. The maximum atomic E-state index is 11.5. The lowest BCUT2D eigenvalue weighted by molar-refractivity contribution is 0.0526. The first kappa shape index (κ1) is 13.3. The van der Waals surface area contributed by atoms with Crippen molar-refractivity contribution in [3.63, 3.8) is 0 Å². The van der Waals surface area contributed by atoms with Crippen molar-refractivity contribution in [3.8, 4) is 12.1 Å². The van der Waals surface area contributed by atoms with Gasteiger partial charge < -0.3 is 10.1 Å². The Hall–Kier alpha value is -2.79. The van der Waals surface area contributed by atoms with Gasteiger partial charge in [-0.3, -0.25) is 0 Å². The van der Waals surface area contributed by atoms with Crippen LogP contribution in [0, 0.1) is 22.7 Å². The molecule has 0 radical (unpaired) electrons. The molecule has 18 heavy (non-hydrogen) atoms. The first-order valence-electron chi connectivity index (χ1n) is 5.25. The molecule has 0 aliphatic heterocycles. The lowest BCUT2D eigenvalue weighted by Gasteiger charge is -2.04. The standard InChI is InChI=1S/C13H11N3O2/c1-2-18-13(17)11-4-3-5-12(6-11)16-9-10(7-14)8-15/h3-6,9,16H,2H2,1H3. The van der Waals surface area contributed by atoms with E-state index < -0.39 is 5.97 Å². The predicted octanol–water partition coefficient (Wildman–Crippen LogP) is 2.21. The van der Waals surface area contributed by atoms with Gasteiger partial charge in [-0.25, -0.2) is 4.79 Å². The van der Waals surface area contributed by atoms with Crippen molar-refractivity contribution in [3.05, 3.63) is 41.6 Å². The van der Waals surface area contributed by atoms with E-state index in [9.17, 15) is 4.79 Å². The van der Waals surface area contributed by atoms with Gasteiger partial charge >= 0.3 is 5.97 Å². The van der Waals surface area contributed by atoms with E-state index in [1.807, 2.05) is 0 Å². The summed E-state index contributed by atoms with van der Waals surface area (Å²) in [6.07, 6.45) is 1.28. The third kappa shape index (κ3) is 3.66. The topological polar surface area (TPSA) is 85.9 Å². The van der Waals surface area contributed by atoms with Gasteiger partial charge in [-0.1, -0.05) is 6.07 Å². The molecule has 1 N–H and O–H groups in total. The molecule has 5 heteroatoms. The molecule has 0 atom stereocenters. The molecule has 90 valence electrons. The van der Waals surface area contributed by atoms with Crippen molar-refractivity contribution < 1.29 is 9.53 Å². The molecule has 0 unspecified atom stereocenters. The van der Waals surface area contributed by atoms with Crippen LogP contribution in [0.3, 0.4) is 0 Å². The van der Waals surface area contributed by atoms with Crippen molar-refractivity contribution in [2.75, 3.05) is 11.9 Å².